The molecule has 13 heavy (non-hydrogen) atoms. The second-order valence-corrected chi connectivity index (χ2v) is 3.43. The molecule has 0 spiro atoms. The molecule has 0 saturated heterocycles. The molecule has 1 amide bonds. The number of amides is 1. The van der Waals surface area contributed by atoms with Crippen LogP contribution in [0.1, 0.15) is 23.5 Å². The van der Waals surface area contributed by atoms with Crippen molar-refractivity contribution in [3.05, 3.63) is 11.8 Å². The van der Waals surface area contributed by atoms with Gasteiger partial charge in [0, 0.05) is 19.7 Å². The zero-order valence-corrected chi connectivity index (χ0v) is 7.69. The number of hydrogen-bond acceptors (Lipinski definition) is 3. The first-order valence-corrected chi connectivity index (χ1v) is 4.20. The van der Waals surface area contributed by atoms with Gasteiger partial charge in [0.15, 0.2) is 0 Å². The fourth-order valence-corrected chi connectivity index (χ4v) is 1.66. The molecule has 0 bridgehead atoms. The molecule has 1 aromatic rings. The lowest BCUT2D eigenvalue weighted by molar-refractivity contribution is 0.0715. The predicted molar refractivity (Wildman–Crippen MR) is 48.3 cm³/mol. The van der Waals surface area contributed by atoms with E-state index < -0.39 is 0 Å². The summed E-state index contributed by atoms with van der Waals surface area (Å²) in [5.41, 5.74) is 6.11. The van der Waals surface area contributed by atoms with Gasteiger partial charge in [0.25, 0.3) is 5.91 Å². The summed E-state index contributed by atoms with van der Waals surface area (Å²) < 4.78 is 1.69. The van der Waals surface area contributed by atoms with E-state index in [1.165, 1.54) is 0 Å². The third-order valence-electron chi connectivity index (χ3n) is 2.28. The summed E-state index contributed by atoms with van der Waals surface area (Å²) in [7, 11) is 1.78. The van der Waals surface area contributed by atoms with Gasteiger partial charge in [-0.05, 0) is 6.92 Å². The van der Waals surface area contributed by atoms with Crippen molar-refractivity contribution in [2.75, 3.05) is 19.3 Å². The van der Waals surface area contributed by atoms with Crippen molar-refractivity contribution < 1.29 is 4.79 Å². The Balaban J connectivity index is 2.53. The zero-order valence-electron chi connectivity index (χ0n) is 7.69. The minimum absolute atomic E-state index is 0.0118. The van der Waals surface area contributed by atoms with Gasteiger partial charge < -0.3 is 10.6 Å². The van der Waals surface area contributed by atoms with Crippen molar-refractivity contribution in [1.29, 1.82) is 0 Å². The SMILES string of the molecule is CC1CN(C)C(=O)c2cc(N)nn21. The number of fused-ring (bicyclic) bond motifs is 1. The van der Waals surface area contributed by atoms with Crippen molar-refractivity contribution in [1.82, 2.24) is 14.7 Å². The van der Waals surface area contributed by atoms with Crippen LogP contribution in [0.2, 0.25) is 0 Å². The Labute approximate surface area is 76.1 Å². The highest BCUT2D eigenvalue weighted by atomic mass is 16.2. The monoisotopic (exact) mass is 180 g/mol. The van der Waals surface area contributed by atoms with E-state index in [2.05, 4.69) is 5.10 Å². The van der Waals surface area contributed by atoms with Crippen molar-refractivity contribution in [3.63, 3.8) is 0 Å². The van der Waals surface area contributed by atoms with E-state index in [1.807, 2.05) is 6.92 Å². The first-order chi connectivity index (χ1) is 6.09. The Hall–Kier alpha value is -1.52. The molecule has 1 atom stereocenters. The van der Waals surface area contributed by atoms with Crippen molar-refractivity contribution in [2.24, 2.45) is 0 Å². The van der Waals surface area contributed by atoms with Gasteiger partial charge in [-0.2, -0.15) is 5.10 Å². The summed E-state index contributed by atoms with van der Waals surface area (Å²) in [4.78, 5) is 13.3. The molecule has 0 radical (unpaired) electrons. The van der Waals surface area contributed by atoms with Crippen molar-refractivity contribution in [3.8, 4) is 0 Å². The van der Waals surface area contributed by atoms with Crippen molar-refractivity contribution >= 4 is 11.7 Å². The number of anilines is 1. The molecular formula is C8H12N4O. The molecule has 0 aliphatic carbocycles. The molecule has 1 aromatic heterocycles. The summed E-state index contributed by atoms with van der Waals surface area (Å²) in [6.45, 7) is 2.70. The smallest absolute Gasteiger partial charge is 0.272 e. The minimum Gasteiger partial charge on any atom is -0.382 e. The predicted octanol–water partition coefficient (Wildman–Crippen LogP) is 0.112. The van der Waals surface area contributed by atoms with Crippen LogP contribution in [0.15, 0.2) is 6.07 Å². The largest absolute Gasteiger partial charge is 0.382 e. The second-order valence-electron chi connectivity index (χ2n) is 3.43. The van der Waals surface area contributed by atoms with Crippen LogP contribution < -0.4 is 5.73 Å². The number of nitrogen functional groups attached to an aromatic ring is 1. The summed E-state index contributed by atoms with van der Waals surface area (Å²) in [5.74, 6) is 0.396. The van der Waals surface area contributed by atoms with Crippen LogP contribution in [0.25, 0.3) is 0 Å². The van der Waals surface area contributed by atoms with E-state index in [1.54, 1.807) is 22.7 Å². The van der Waals surface area contributed by atoms with E-state index >= 15 is 0 Å². The van der Waals surface area contributed by atoms with Crippen molar-refractivity contribution in [2.45, 2.75) is 13.0 Å². The first kappa shape index (κ1) is 8.10. The molecular weight excluding hydrogens is 168 g/mol. The molecule has 0 fully saturated rings. The van der Waals surface area contributed by atoms with E-state index in [4.69, 9.17) is 5.73 Å². The van der Waals surface area contributed by atoms with Gasteiger partial charge in [-0.3, -0.25) is 9.48 Å². The molecule has 2 heterocycles. The number of aromatic nitrogens is 2. The number of likely N-dealkylation sites (N-methyl/N-ethyl adjacent to an activating group) is 1. The van der Waals surface area contributed by atoms with Crippen LogP contribution in [0.5, 0.6) is 0 Å². The van der Waals surface area contributed by atoms with E-state index in [0.29, 0.717) is 18.1 Å². The Morgan fingerprint density at radius 2 is 2.38 bits per heavy atom. The highest BCUT2D eigenvalue weighted by Gasteiger charge is 2.27. The quantitative estimate of drug-likeness (QED) is 0.616. The molecule has 2 N–H and O–H groups in total. The normalized spacial score (nSPS) is 21.8. The molecule has 5 nitrogen and oxygen atoms in total. The van der Waals surface area contributed by atoms with Crippen LogP contribution >= 0.6 is 0 Å². The van der Waals surface area contributed by atoms with Gasteiger partial charge in [0.2, 0.25) is 0 Å². The number of rotatable bonds is 0. The average Bonchev–Trinajstić information content (AvgIpc) is 2.44. The third-order valence-corrected chi connectivity index (χ3v) is 2.28. The van der Waals surface area contributed by atoms with Crippen LogP contribution in [0.4, 0.5) is 5.82 Å². The molecule has 5 heteroatoms. The Bertz CT molecular complexity index is 357. The van der Waals surface area contributed by atoms with Gasteiger partial charge >= 0.3 is 0 Å². The standard InChI is InChI=1S/C8H12N4O/c1-5-4-11(2)8(13)6-3-7(9)10-12(5)6/h3,5H,4H2,1-2H3,(H2,9,10). The number of hydrogen-bond donors (Lipinski definition) is 1. The minimum atomic E-state index is -0.0118. The summed E-state index contributed by atoms with van der Waals surface area (Å²) >= 11 is 0. The van der Waals surface area contributed by atoms with Crippen LogP contribution in [0, 0.1) is 0 Å². The highest BCUT2D eigenvalue weighted by Crippen LogP contribution is 2.20. The lowest BCUT2D eigenvalue weighted by atomic mass is 10.2. The lowest BCUT2D eigenvalue weighted by Gasteiger charge is -2.28. The van der Waals surface area contributed by atoms with Gasteiger partial charge in [-0.15, -0.1) is 0 Å². The Morgan fingerprint density at radius 1 is 1.69 bits per heavy atom. The first-order valence-electron chi connectivity index (χ1n) is 4.20. The molecule has 70 valence electrons. The van der Waals surface area contributed by atoms with Gasteiger partial charge in [0.1, 0.15) is 11.5 Å². The summed E-state index contributed by atoms with van der Waals surface area (Å²) in [5, 5.41) is 4.06. The summed E-state index contributed by atoms with van der Waals surface area (Å²) in [6, 6.07) is 1.82. The maximum atomic E-state index is 11.6. The maximum absolute atomic E-state index is 11.6. The van der Waals surface area contributed by atoms with Crippen LogP contribution in [-0.2, 0) is 0 Å². The average molecular weight is 180 g/mol. The summed E-state index contributed by atoms with van der Waals surface area (Å²) in [6.07, 6.45) is 0. The van der Waals surface area contributed by atoms with E-state index in [9.17, 15) is 4.79 Å². The molecule has 0 aromatic carbocycles. The molecule has 2 rings (SSSR count). The number of carbonyl (C=O) groups excluding carboxylic acids is 1. The molecule has 1 aliphatic rings. The highest BCUT2D eigenvalue weighted by molar-refractivity contribution is 5.93. The third kappa shape index (κ3) is 1.07. The van der Waals surface area contributed by atoms with E-state index in [0.717, 1.165) is 0 Å². The van der Waals surface area contributed by atoms with E-state index in [-0.39, 0.29) is 11.9 Å². The molecule has 1 unspecified atom stereocenters. The van der Waals surface area contributed by atoms with Crippen LogP contribution in [0.3, 0.4) is 0 Å². The van der Waals surface area contributed by atoms with Gasteiger partial charge in [-0.1, -0.05) is 0 Å². The topological polar surface area (TPSA) is 64.2 Å². The van der Waals surface area contributed by atoms with Gasteiger partial charge in [0.05, 0.1) is 6.04 Å². The fraction of sp³-hybridized carbons (Fsp3) is 0.500. The Kier molecular flexibility index (Phi) is 1.55. The zero-order chi connectivity index (χ0) is 9.59. The van der Waals surface area contributed by atoms with Gasteiger partial charge in [-0.25, -0.2) is 0 Å². The fourth-order valence-electron chi connectivity index (χ4n) is 1.66. The molecule has 0 saturated carbocycles. The number of nitrogens with zero attached hydrogens (tertiary/aromatic N) is 3. The lowest BCUT2D eigenvalue weighted by Crippen LogP contribution is -2.39. The Morgan fingerprint density at radius 3 is 3.08 bits per heavy atom. The maximum Gasteiger partial charge on any atom is 0.272 e. The number of nitrogens with two attached hydrogens (primary N) is 1. The number of carbonyl (C=O) groups is 1. The second kappa shape index (κ2) is 2.48. The molecule has 1 aliphatic heterocycles. The van der Waals surface area contributed by atoms with Crippen LogP contribution in [-0.4, -0.2) is 34.2 Å².